The molecule has 2 aromatic heterocycles. The number of ether oxygens (including phenoxy) is 1. The molecular formula is C24H19F4N6O4+. The minimum atomic E-state index is -4.66. The third-order valence-corrected chi connectivity index (χ3v) is 5.11. The van der Waals surface area contributed by atoms with Crippen LogP contribution in [0, 0.1) is 5.82 Å². The van der Waals surface area contributed by atoms with E-state index >= 15 is 0 Å². The zero-order valence-electron chi connectivity index (χ0n) is 19.5. The number of halogens is 4. The lowest BCUT2D eigenvalue weighted by atomic mass is 10.1. The minimum absolute atomic E-state index is 0.00542. The molecule has 3 amide bonds. The zero-order valence-corrected chi connectivity index (χ0v) is 19.5. The average molecular weight is 531 g/mol. The van der Waals surface area contributed by atoms with Crippen LogP contribution >= 0.6 is 0 Å². The Morgan fingerprint density at radius 3 is 2.42 bits per heavy atom. The summed E-state index contributed by atoms with van der Waals surface area (Å²) in [4.78, 5) is 24.4. The highest BCUT2D eigenvalue weighted by Crippen LogP contribution is 2.33. The van der Waals surface area contributed by atoms with Crippen molar-refractivity contribution in [3.8, 4) is 17.2 Å². The number of alkyl halides is 3. The van der Waals surface area contributed by atoms with Gasteiger partial charge in [0.2, 0.25) is 6.20 Å². The van der Waals surface area contributed by atoms with Crippen LogP contribution in [-0.4, -0.2) is 34.0 Å². The van der Waals surface area contributed by atoms with Gasteiger partial charge in [-0.25, -0.2) is 13.9 Å². The van der Waals surface area contributed by atoms with Crippen molar-refractivity contribution in [1.82, 2.24) is 15.1 Å². The topological polar surface area (TPSA) is 121 Å². The molecule has 0 saturated carbocycles. The molecule has 0 aliphatic carbocycles. The van der Waals surface area contributed by atoms with Crippen molar-refractivity contribution >= 4 is 23.3 Å². The number of pyridine rings is 1. The van der Waals surface area contributed by atoms with Gasteiger partial charge in [0, 0.05) is 36.3 Å². The van der Waals surface area contributed by atoms with Crippen molar-refractivity contribution in [2.75, 3.05) is 17.7 Å². The lowest BCUT2D eigenvalue weighted by molar-refractivity contribution is -0.905. The molecular weight excluding hydrogens is 512 g/mol. The van der Waals surface area contributed by atoms with E-state index in [1.165, 1.54) is 48.4 Å². The first-order valence-corrected chi connectivity index (χ1v) is 10.8. The van der Waals surface area contributed by atoms with Crippen molar-refractivity contribution in [3.05, 3.63) is 90.3 Å². The van der Waals surface area contributed by atoms with Gasteiger partial charge in [-0.3, -0.25) is 10.0 Å². The number of carbonyl (C=O) groups excluding carboxylic acids is 2. The van der Waals surface area contributed by atoms with E-state index in [2.05, 4.69) is 21.0 Å². The first-order valence-electron chi connectivity index (χ1n) is 10.8. The number of hydrogen-bond acceptors (Lipinski definition) is 5. The smallest absolute Gasteiger partial charge is 0.416 e. The van der Waals surface area contributed by atoms with E-state index in [-0.39, 0.29) is 34.3 Å². The van der Waals surface area contributed by atoms with Gasteiger partial charge in [0.05, 0.1) is 28.7 Å². The van der Waals surface area contributed by atoms with Crippen molar-refractivity contribution in [3.63, 3.8) is 0 Å². The van der Waals surface area contributed by atoms with Crippen LogP contribution in [0.25, 0.3) is 5.69 Å². The molecule has 14 heteroatoms. The number of urea groups is 1. The standard InChI is InChI=1S/C24H18F4N6O4/c1-29-22(35)21-13-16(7-10-34(21)37)38-15-4-5-18(17(25)12-15)31-23(36)32-19-11-14(24(26,27)28)3-6-20(19)33-9-2-8-30-33/h2-13H,1H3,(H3-,29,31,32,35,36,37)/p+1. The molecule has 0 saturated heterocycles. The maximum absolute atomic E-state index is 14.7. The minimum Gasteiger partial charge on any atom is -0.457 e. The monoisotopic (exact) mass is 531 g/mol. The second-order valence-corrected chi connectivity index (χ2v) is 7.67. The van der Waals surface area contributed by atoms with Crippen molar-refractivity contribution in [1.29, 1.82) is 0 Å². The molecule has 10 nitrogen and oxygen atoms in total. The maximum atomic E-state index is 14.7. The van der Waals surface area contributed by atoms with Gasteiger partial charge in [0.1, 0.15) is 17.3 Å². The van der Waals surface area contributed by atoms with Gasteiger partial charge in [0.25, 0.3) is 0 Å². The normalized spacial score (nSPS) is 11.1. The number of carbonyl (C=O) groups is 2. The largest absolute Gasteiger partial charge is 0.457 e. The number of aromatic nitrogens is 3. The van der Waals surface area contributed by atoms with E-state index in [0.29, 0.717) is 4.73 Å². The molecule has 4 aromatic rings. The highest BCUT2D eigenvalue weighted by atomic mass is 19.4. The van der Waals surface area contributed by atoms with E-state index in [0.717, 1.165) is 30.5 Å². The third-order valence-electron chi connectivity index (χ3n) is 5.11. The summed E-state index contributed by atoms with van der Waals surface area (Å²) in [5, 5.41) is 20.6. The number of nitrogens with zero attached hydrogens (tertiary/aromatic N) is 3. The number of rotatable bonds is 6. The lowest BCUT2D eigenvalue weighted by Gasteiger charge is -2.15. The van der Waals surface area contributed by atoms with Crippen molar-refractivity contribution in [2.45, 2.75) is 6.18 Å². The molecule has 0 aliphatic rings. The van der Waals surface area contributed by atoms with E-state index in [4.69, 9.17) is 4.74 Å². The Morgan fingerprint density at radius 1 is 1.03 bits per heavy atom. The summed E-state index contributed by atoms with van der Waals surface area (Å²) in [5.41, 5.74) is -1.47. The second kappa shape index (κ2) is 10.5. The summed E-state index contributed by atoms with van der Waals surface area (Å²) in [6.07, 6.45) is -0.609. The summed E-state index contributed by atoms with van der Waals surface area (Å²) in [7, 11) is 1.37. The molecule has 0 aliphatic heterocycles. The fourth-order valence-corrected chi connectivity index (χ4v) is 3.33. The first-order chi connectivity index (χ1) is 18.0. The number of anilines is 2. The summed E-state index contributed by atoms with van der Waals surface area (Å²) in [5.74, 6) is -1.38. The van der Waals surface area contributed by atoms with Gasteiger partial charge in [-0.1, -0.05) is 0 Å². The average Bonchev–Trinajstić information content (AvgIpc) is 3.40. The van der Waals surface area contributed by atoms with Crippen LogP contribution in [0.3, 0.4) is 0 Å². The molecule has 4 N–H and O–H groups in total. The zero-order chi connectivity index (χ0) is 27.4. The fourth-order valence-electron chi connectivity index (χ4n) is 3.33. The Morgan fingerprint density at radius 2 is 1.76 bits per heavy atom. The van der Waals surface area contributed by atoms with Gasteiger partial charge in [-0.15, -0.1) is 0 Å². The maximum Gasteiger partial charge on any atom is 0.416 e. The summed E-state index contributed by atoms with van der Waals surface area (Å²) in [6.45, 7) is 0. The summed E-state index contributed by atoms with van der Waals surface area (Å²) >= 11 is 0. The molecule has 0 spiro atoms. The molecule has 4 rings (SSSR count). The van der Waals surface area contributed by atoms with Crippen LogP contribution in [0.15, 0.2) is 73.2 Å². The van der Waals surface area contributed by atoms with Gasteiger partial charge < -0.3 is 20.7 Å². The molecule has 2 heterocycles. The van der Waals surface area contributed by atoms with Crippen molar-refractivity contribution in [2.24, 2.45) is 0 Å². The molecule has 38 heavy (non-hydrogen) atoms. The van der Waals surface area contributed by atoms with Crippen LogP contribution in [0.2, 0.25) is 0 Å². The molecule has 0 bridgehead atoms. The predicted octanol–water partition coefficient (Wildman–Crippen LogP) is 4.35. The molecule has 2 aromatic carbocycles. The highest BCUT2D eigenvalue weighted by molar-refractivity contribution is 6.01. The SMILES string of the molecule is CNC(=O)c1cc(Oc2ccc(NC(=O)Nc3cc(C(F)(F)F)ccc3-n3cccn3)c(F)c2)cc[n+]1O. The van der Waals surface area contributed by atoms with Crippen LogP contribution in [0.1, 0.15) is 16.1 Å². The first kappa shape index (κ1) is 25.9. The van der Waals surface area contributed by atoms with Crippen LogP contribution < -0.4 is 25.4 Å². The van der Waals surface area contributed by atoms with Crippen LogP contribution in [0.5, 0.6) is 11.5 Å². The number of amides is 3. The Balaban J connectivity index is 1.51. The Kier molecular flexibility index (Phi) is 7.14. The van der Waals surface area contributed by atoms with Gasteiger partial charge >= 0.3 is 23.8 Å². The highest BCUT2D eigenvalue weighted by Gasteiger charge is 2.31. The molecule has 196 valence electrons. The lowest BCUT2D eigenvalue weighted by Crippen LogP contribution is -2.40. The quantitative estimate of drug-likeness (QED) is 0.168. The number of benzene rings is 2. The van der Waals surface area contributed by atoms with Crippen LogP contribution in [-0.2, 0) is 6.18 Å². The van der Waals surface area contributed by atoms with Gasteiger partial charge in [-0.2, -0.15) is 18.3 Å². The molecule has 0 fully saturated rings. The fraction of sp³-hybridized carbons (Fsp3) is 0.0833. The van der Waals surface area contributed by atoms with E-state index in [1.54, 1.807) is 6.07 Å². The molecule has 0 radical (unpaired) electrons. The van der Waals surface area contributed by atoms with Gasteiger partial charge in [0.15, 0.2) is 0 Å². The predicted molar refractivity (Wildman–Crippen MR) is 125 cm³/mol. The van der Waals surface area contributed by atoms with E-state index in [9.17, 15) is 32.4 Å². The molecule has 0 unspecified atom stereocenters. The third kappa shape index (κ3) is 5.80. The Labute approximate surface area is 212 Å². The van der Waals surface area contributed by atoms with Crippen molar-refractivity contribution < 1.29 is 41.8 Å². The van der Waals surface area contributed by atoms with Gasteiger partial charge in [-0.05, 0) is 36.4 Å². The number of nitrogens with one attached hydrogen (secondary N) is 3. The second-order valence-electron chi connectivity index (χ2n) is 7.67. The Bertz CT molecular complexity index is 1490. The van der Waals surface area contributed by atoms with E-state index < -0.39 is 29.5 Å². The number of hydrogen-bond donors (Lipinski definition) is 4. The van der Waals surface area contributed by atoms with Crippen LogP contribution in [0.4, 0.5) is 33.7 Å². The van der Waals surface area contributed by atoms with E-state index in [1.807, 2.05) is 0 Å². The Hall–Kier alpha value is -5.14. The molecule has 0 atom stereocenters. The summed E-state index contributed by atoms with van der Waals surface area (Å²) < 4.78 is 61.8. The summed E-state index contributed by atoms with van der Waals surface area (Å²) in [6, 6.07) is 9.29.